The van der Waals surface area contributed by atoms with Gasteiger partial charge in [-0.2, -0.15) is 0 Å². The first-order valence-electron chi connectivity index (χ1n) is 6.64. The highest BCUT2D eigenvalue weighted by molar-refractivity contribution is 4.82. The zero-order chi connectivity index (χ0) is 10.7. The first kappa shape index (κ1) is 11.4. The molecule has 0 bridgehead atoms. The summed E-state index contributed by atoms with van der Waals surface area (Å²) in [4.78, 5) is 0. The number of rotatable bonds is 5. The van der Waals surface area contributed by atoms with E-state index in [4.69, 9.17) is 4.74 Å². The molecule has 88 valence electrons. The zero-order valence-electron chi connectivity index (χ0n) is 10.2. The highest BCUT2D eigenvalue weighted by Crippen LogP contribution is 2.27. The normalized spacial score (nSPS) is 34.0. The molecule has 2 nitrogen and oxygen atoms in total. The van der Waals surface area contributed by atoms with Crippen LogP contribution >= 0.6 is 0 Å². The van der Waals surface area contributed by atoms with Gasteiger partial charge < -0.3 is 10.1 Å². The molecule has 15 heavy (non-hydrogen) atoms. The molecule has 2 aliphatic carbocycles. The Bertz CT molecular complexity index is 191. The SMILES string of the molecule is CC(CNC1CC1)OC1CCCCC1C. The molecular formula is C13H25NO. The van der Waals surface area contributed by atoms with E-state index in [0.717, 1.165) is 18.5 Å². The van der Waals surface area contributed by atoms with Crippen molar-refractivity contribution in [3.05, 3.63) is 0 Å². The van der Waals surface area contributed by atoms with E-state index in [0.29, 0.717) is 12.2 Å². The summed E-state index contributed by atoms with van der Waals surface area (Å²) in [5, 5.41) is 3.54. The monoisotopic (exact) mass is 211 g/mol. The lowest BCUT2D eigenvalue weighted by atomic mass is 9.88. The van der Waals surface area contributed by atoms with Crippen molar-refractivity contribution < 1.29 is 4.74 Å². The molecule has 2 fully saturated rings. The predicted molar refractivity (Wildman–Crippen MR) is 63.0 cm³/mol. The molecule has 0 aromatic rings. The minimum atomic E-state index is 0.385. The Kier molecular flexibility index (Phi) is 4.04. The molecule has 0 aliphatic heterocycles. The molecule has 0 aromatic carbocycles. The lowest BCUT2D eigenvalue weighted by Crippen LogP contribution is -2.35. The lowest BCUT2D eigenvalue weighted by molar-refractivity contribution is -0.0467. The molecule has 0 saturated heterocycles. The Morgan fingerprint density at radius 2 is 1.93 bits per heavy atom. The standard InChI is InChI=1S/C13H25NO/c1-10-5-3-4-6-13(10)15-11(2)9-14-12-7-8-12/h10-14H,3-9H2,1-2H3. The van der Waals surface area contributed by atoms with Gasteiger partial charge in [-0.15, -0.1) is 0 Å². The molecule has 0 heterocycles. The van der Waals surface area contributed by atoms with Crippen LogP contribution in [0, 0.1) is 5.92 Å². The average Bonchev–Trinajstić information content (AvgIpc) is 3.02. The van der Waals surface area contributed by atoms with Crippen LogP contribution in [0.15, 0.2) is 0 Å². The van der Waals surface area contributed by atoms with Gasteiger partial charge in [0.15, 0.2) is 0 Å². The first-order chi connectivity index (χ1) is 7.25. The minimum Gasteiger partial charge on any atom is -0.374 e. The molecule has 0 radical (unpaired) electrons. The maximum atomic E-state index is 6.12. The Morgan fingerprint density at radius 1 is 1.20 bits per heavy atom. The van der Waals surface area contributed by atoms with Crippen LogP contribution in [0.2, 0.25) is 0 Å². The van der Waals surface area contributed by atoms with Gasteiger partial charge in [0, 0.05) is 12.6 Å². The number of nitrogens with one attached hydrogen (secondary N) is 1. The van der Waals surface area contributed by atoms with Gasteiger partial charge in [-0.05, 0) is 38.5 Å². The van der Waals surface area contributed by atoms with Crippen LogP contribution in [0.3, 0.4) is 0 Å². The fourth-order valence-electron chi connectivity index (χ4n) is 2.45. The fourth-order valence-corrected chi connectivity index (χ4v) is 2.45. The van der Waals surface area contributed by atoms with E-state index in [1.165, 1.54) is 38.5 Å². The highest BCUT2D eigenvalue weighted by Gasteiger charge is 2.25. The van der Waals surface area contributed by atoms with Crippen molar-refractivity contribution >= 4 is 0 Å². The van der Waals surface area contributed by atoms with Gasteiger partial charge in [-0.3, -0.25) is 0 Å². The van der Waals surface area contributed by atoms with Gasteiger partial charge in [-0.1, -0.05) is 19.8 Å². The Labute approximate surface area is 93.8 Å². The minimum absolute atomic E-state index is 0.385. The molecule has 3 unspecified atom stereocenters. The van der Waals surface area contributed by atoms with Crippen molar-refractivity contribution in [1.82, 2.24) is 5.32 Å². The van der Waals surface area contributed by atoms with Gasteiger partial charge in [0.2, 0.25) is 0 Å². The van der Waals surface area contributed by atoms with E-state index in [1.807, 2.05) is 0 Å². The molecule has 2 saturated carbocycles. The second kappa shape index (κ2) is 5.31. The van der Waals surface area contributed by atoms with Crippen LogP contribution < -0.4 is 5.32 Å². The van der Waals surface area contributed by atoms with Crippen LogP contribution in [0.4, 0.5) is 0 Å². The Balaban J connectivity index is 1.64. The second-order valence-electron chi connectivity index (χ2n) is 5.43. The molecule has 0 amide bonds. The van der Waals surface area contributed by atoms with Crippen molar-refractivity contribution in [2.45, 2.75) is 70.6 Å². The average molecular weight is 211 g/mol. The van der Waals surface area contributed by atoms with Crippen molar-refractivity contribution in [3.63, 3.8) is 0 Å². The van der Waals surface area contributed by atoms with E-state index in [2.05, 4.69) is 19.2 Å². The molecular weight excluding hydrogens is 186 g/mol. The lowest BCUT2D eigenvalue weighted by Gasteiger charge is -2.31. The summed E-state index contributed by atoms with van der Waals surface area (Å²) in [5.41, 5.74) is 0. The van der Waals surface area contributed by atoms with Crippen molar-refractivity contribution in [2.24, 2.45) is 5.92 Å². The van der Waals surface area contributed by atoms with Crippen LogP contribution in [0.25, 0.3) is 0 Å². The van der Waals surface area contributed by atoms with Gasteiger partial charge in [-0.25, -0.2) is 0 Å². The Morgan fingerprint density at radius 3 is 2.60 bits per heavy atom. The summed E-state index contributed by atoms with van der Waals surface area (Å²) >= 11 is 0. The largest absolute Gasteiger partial charge is 0.374 e. The number of hydrogen-bond donors (Lipinski definition) is 1. The van der Waals surface area contributed by atoms with Gasteiger partial charge >= 0.3 is 0 Å². The van der Waals surface area contributed by atoms with E-state index < -0.39 is 0 Å². The van der Waals surface area contributed by atoms with Gasteiger partial charge in [0.25, 0.3) is 0 Å². The highest BCUT2D eigenvalue weighted by atomic mass is 16.5. The number of hydrogen-bond acceptors (Lipinski definition) is 2. The van der Waals surface area contributed by atoms with Crippen LogP contribution in [-0.2, 0) is 4.74 Å². The smallest absolute Gasteiger partial charge is 0.0675 e. The first-order valence-corrected chi connectivity index (χ1v) is 6.64. The molecule has 3 atom stereocenters. The van der Waals surface area contributed by atoms with Crippen LogP contribution in [0.1, 0.15) is 52.4 Å². The summed E-state index contributed by atoms with van der Waals surface area (Å²) in [6.45, 7) is 5.58. The van der Waals surface area contributed by atoms with E-state index in [1.54, 1.807) is 0 Å². The predicted octanol–water partition coefficient (Wildman–Crippen LogP) is 2.72. The summed E-state index contributed by atoms with van der Waals surface area (Å²) < 4.78 is 6.12. The van der Waals surface area contributed by atoms with E-state index >= 15 is 0 Å². The Hall–Kier alpha value is -0.0800. The van der Waals surface area contributed by atoms with Crippen molar-refractivity contribution in [3.8, 4) is 0 Å². The van der Waals surface area contributed by atoms with E-state index in [-0.39, 0.29) is 0 Å². The molecule has 2 rings (SSSR count). The third-order valence-corrected chi connectivity index (χ3v) is 3.71. The third kappa shape index (κ3) is 3.76. The van der Waals surface area contributed by atoms with Crippen molar-refractivity contribution in [2.75, 3.05) is 6.54 Å². The molecule has 0 spiro atoms. The van der Waals surface area contributed by atoms with Crippen LogP contribution in [0.5, 0.6) is 0 Å². The molecule has 1 N–H and O–H groups in total. The van der Waals surface area contributed by atoms with Crippen molar-refractivity contribution in [1.29, 1.82) is 0 Å². The second-order valence-corrected chi connectivity index (χ2v) is 5.43. The van der Waals surface area contributed by atoms with Gasteiger partial charge in [0.05, 0.1) is 12.2 Å². The summed E-state index contributed by atoms with van der Waals surface area (Å²) in [7, 11) is 0. The maximum absolute atomic E-state index is 6.12. The maximum Gasteiger partial charge on any atom is 0.0675 e. The van der Waals surface area contributed by atoms with Crippen LogP contribution in [-0.4, -0.2) is 24.8 Å². The van der Waals surface area contributed by atoms with E-state index in [9.17, 15) is 0 Å². The van der Waals surface area contributed by atoms with Gasteiger partial charge in [0.1, 0.15) is 0 Å². The number of ether oxygens (including phenoxy) is 1. The summed E-state index contributed by atoms with van der Waals surface area (Å²) in [6, 6.07) is 0.805. The topological polar surface area (TPSA) is 21.3 Å². The summed E-state index contributed by atoms with van der Waals surface area (Å²) in [5.74, 6) is 0.766. The quantitative estimate of drug-likeness (QED) is 0.755. The molecule has 2 aliphatic rings. The third-order valence-electron chi connectivity index (χ3n) is 3.71. The zero-order valence-corrected chi connectivity index (χ0v) is 10.2. The molecule has 2 heteroatoms. The fraction of sp³-hybridized carbons (Fsp3) is 1.00. The molecule has 0 aromatic heterocycles. The summed E-state index contributed by atoms with van der Waals surface area (Å²) in [6.07, 6.45) is 9.03.